The van der Waals surface area contributed by atoms with Crippen molar-refractivity contribution in [3.63, 3.8) is 0 Å². The highest BCUT2D eigenvalue weighted by Gasteiger charge is 2.28. The smallest absolute Gasteiger partial charge is 0.323 e. The van der Waals surface area contributed by atoms with Crippen molar-refractivity contribution >= 4 is 61.0 Å². The lowest BCUT2D eigenvalue weighted by molar-refractivity contribution is -0.140. The minimum Gasteiger partial charge on any atom is -0.480 e. The number of carboxylic acids is 1. The van der Waals surface area contributed by atoms with Crippen molar-refractivity contribution in [2.75, 3.05) is 29.6 Å². The van der Waals surface area contributed by atoms with Crippen LogP contribution in [0.15, 0.2) is 70.0 Å². The van der Waals surface area contributed by atoms with Crippen LogP contribution in [0.3, 0.4) is 0 Å². The fraction of sp³-hybridized carbons (Fsp3) is 0.231. The zero-order valence-electron chi connectivity index (χ0n) is 20.8. The molecule has 3 aromatic carbocycles. The topological polar surface area (TPSA) is 141 Å². The number of anilines is 3. The summed E-state index contributed by atoms with van der Waals surface area (Å²) in [6, 6.07) is 15.1. The molecular formula is C26H28N4O6S. The summed E-state index contributed by atoms with van der Waals surface area (Å²) >= 11 is 0. The van der Waals surface area contributed by atoms with Crippen LogP contribution in [0.1, 0.15) is 13.8 Å². The lowest BCUT2D eigenvalue weighted by Gasteiger charge is -2.17. The Morgan fingerprint density at radius 2 is 1.51 bits per heavy atom. The van der Waals surface area contributed by atoms with E-state index in [2.05, 4.69) is 15.4 Å². The summed E-state index contributed by atoms with van der Waals surface area (Å²) in [6.07, 6.45) is 0. The van der Waals surface area contributed by atoms with Gasteiger partial charge in [0, 0.05) is 48.0 Å². The molecule has 11 heteroatoms. The van der Waals surface area contributed by atoms with Gasteiger partial charge in [-0.25, -0.2) is 13.2 Å². The Balaban J connectivity index is 1.55. The normalized spacial score (nSPS) is 12.6. The molecule has 0 bridgehead atoms. The van der Waals surface area contributed by atoms with Crippen LogP contribution in [-0.4, -0.2) is 45.7 Å². The van der Waals surface area contributed by atoms with Crippen molar-refractivity contribution in [1.29, 1.82) is 0 Å². The van der Waals surface area contributed by atoms with Crippen LogP contribution >= 0.6 is 0 Å². The number of hydrogen-bond acceptors (Lipinski definition) is 6. The van der Waals surface area contributed by atoms with E-state index in [0.717, 1.165) is 5.69 Å². The first-order valence-electron chi connectivity index (χ1n) is 11.5. The van der Waals surface area contributed by atoms with Gasteiger partial charge in [-0.2, -0.15) is 4.72 Å². The van der Waals surface area contributed by atoms with Gasteiger partial charge in [-0.3, -0.25) is 4.79 Å². The summed E-state index contributed by atoms with van der Waals surface area (Å²) in [4.78, 5) is 25.8. The molecule has 37 heavy (non-hydrogen) atoms. The van der Waals surface area contributed by atoms with E-state index in [9.17, 15) is 23.1 Å². The van der Waals surface area contributed by atoms with Crippen LogP contribution in [0, 0.1) is 5.92 Å². The number of benzene rings is 3. The Morgan fingerprint density at radius 1 is 0.865 bits per heavy atom. The first-order valence-corrected chi connectivity index (χ1v) is 13.0. The zero-order valence-corrected chi connectivity index (χ0v) is 21.6. The summed E-state index contributed by atoms with van der Waals surface area (Å²) in [5, 5.41) is 16.1. The second-order valence-electron chi connectivity index (χ2n) is 9.17. The Kier molecular flexibility index (Phi) is 7.10. The van der Waals surface area contributed by atoms with Gasteiger partial charge in [0.15, 0.2) is 0 Å². The van der Waals surface area contributed by atoms with Gasteiger partial charge in [-0.1, -0.05) is 13.8 Å². The van der Waals surface area contributed by atoms with E-state index in [-0.39, 0.29) is 4.90 Å². The third kappa shape index (κ3) is 5.68. The van der Waals surface area contributed by atoms with E-state index >= 15 is 0 Å². The van der Waals surface area contributed by atoms with E-state index in [1.807, 2.05) is 31.1 Å². The number of amides is 2. The molecule has 0 spiro atoms. The second kappa shape index (κ2) is 10.1. The molecule has 0 saturated heterocycles. The molecule has 10 nitrogen and oxygen atoms in total. The van der Waals surface area contributed by atoms with Crippen molar-refractivity contribution in [3.05, 3.63) is 60.7 Å². The van der Waals surface area contributed by atoms with E-state index in [4.69, 9.17) is 4.42 Å². The molecule has 0 radical (unpaired) electrons. The number of fused-ring (bicyclic) bond motifs is 3. The van der Waals surface area contributed by atoms with Crippen LogP contribution in [-0.2, 0) is 14.8 Å². The third-order valence-electron chi connectivity index (χ3n) is 5.87. The van der Waals surface area contributed by atoms with E-state index in [1.165, 1.54) is 18.2 Å². The molecule has 1 aromatic heterocycles. The van der Waals surface area contributed by atoms with Crippen molar-refractivity contribution < 1.29 is 27.5 Å². The summed E-state index contributed by atoms with van der Waals surface area (Å²) in [7, 11) is -0.225. The number of furan rings is 1. The van der Waals surface area contributed by atoms with Crippen LogP contribution in [0.4, 0.5) is 21.9 Å². The standard InChI is InChI=1S/C26H28N4O6S/c1-15(2)24(25(31)32)29-37(34,35)19-10-12-22-21(14-19)20-11-7-17(13-23(20)36-22)28-26(33)27-16-5-8-18(9-6-16)30(3)4/h5-15,24,29H,1-4H3,(H,31,32)(H2,27,28,33)/t24-/m1/s1. The van der Waals surface area contributed by atoms with Crippen LogP contribution < -0.4 is 20.3 Å². The number of carbonyl (C=O) groups excluding carboxylic acids is 1. The number of nitrogens with one attached hydrogen (secondary N) is 3. The van der Waals surface area contributed by atoms with Gasteiger partial charge in [-0.15, -0.1) is 0 Å². The molecule has 0 saturated carbocycles. The summed E-state index contributed by atoms with van der Waals surface area (Å²) in [5.74, 6) is -1.69. The first kappa shape index (κ1) is 26.0. The molecule has 4 rings (SSSR count). The van der Waals surface area contributed by atoms with Gasteiger partial charge >= 0.3 is 12.0 Å². The molecular weight excluding hydrogens is 496 g/mol. The van der Waals surface area contributed by atoms with Gasteiger partial charge in [0.25, 0.3) is 0 Å². The lowest BCUT2D eigenvalue weighted by Crippen LogP contribution is -2.44. The first-order chi connectivity index (χ1) is 17.4. The van der Waals surface area contributed by atoms with Gasteiger partial charge in [0.05, 0.1) is 4.90 Å². The van der Waals surface area contributed by atoms with E-state index < -0.39 is 34.0 Å². The van der Waals surface area contributed by atoms with Gasteiger partial charge in [-0.05, 0) is 60.5 Å². The maximum absolute atomic E-state index is 12.9. The third-order valence-corrected chi connectivity index (χ3v) is 7.31. The van der Waals surface area contributed by atoms with Crippen molar-refractivity contribution in [1.82, 2.24) is 4.72 Å². The van der Waals surface area contributed by atoms with E-state index in [1.54, 1.807) is 44.2 Å². The monoisotopic (exact) mass is 524 g/mol. The number of carboxylic acid groups (broad SMARTS) is 1. The minimum atomic E-state index is -4.09. The van der Waals surface area contributed by atoms with Gasteiger partial charge in [0.2, 0.25) is 10.0 Å². The minimum absolute atomic E-state index is 0.0727. The second-order valence-corrected chi connectivity index (χ2v) is 10.9. The maximum atomic E-state index is 12.9. The number of carbonyl (C=O) groups is 2. The fourth-order valence-electron chi connectivity index (χ4n) is 3.84. The zero-order chi connectivity index (χ0) is 26.9. The van der Waals surface area contributed by atoms with Gasteiger partial charge < -0.3 is 25.1 Å². The Labute approximate surface area is 214 Å². The molecule has 2 amide bonds. The molecule has 0 aliphatic rings. The van der Waals surface area contributed by atoms with Crippen molar-refractivity contribution in [3.8, 4) is 0 Å². The van der Waals surface area contributed by atoms with Crippen LogP contribution in [0.25, 0.3) is 21.9 Å². The number of urea groups is 1. The molecule has 0 unspecified atom stereocenters. The molecule has 1 atom stereocenters. The number of sulfonamides is 1. The number of hydrogen-bond donors (Lipinski definition) is 4. The molecule has 0 aliphatic carbocycles. The largest absolute Gasteiger partial charge is 0.480 e. The van der Waals surface area contributed by atoms with Gasteiger partial charge in [0.1, 0.15) is 17.2 Å². The fourth-order valence-corrected chi connectivity index (χ4v) is 5.21. The molecule has 4 aromatic rings. The number of nitrogens with zero attached hydrogens (tertiary/aromatic N) is 1. The quantitative estimate of drug-likeness (QED) is 0.262. The highest BCUT2D eigenvalue weighted by atomic mass is 32.2. The number of aliphatic carboxylic acids is 1. The van der Waals surface area contributed by atoms with Crippen molar-refractivity contribution in [2.24, 2.45) is 5.92 Å². The summed E-state index contributed by atoms with van der Waals surface area (Å²) < 4.78 is 33.9. The van der Waals surface area contributed by atoms with Crippen LogP contribution in [0.5, 0.6) is 0 Å². The number of rotatable bonds is 8. The van der Waals surface area contributed by atoms with E-state index in [0.29, 0.717) is 33.3 Å². The summed E-state index contributed by atoms with van der Waals surface area (Å²) in [6.45, 7) is 3.25. The molecule has 194 valence electrons. The molecule has 0 aliphatic heterocycles. The maximum Gasteiger partial charge on any atom is 0.323 e. The lowest BCUT2D eigenvalue weighted by atomic mass is 10.1. The predicted molar refractivity (Wildman–Crippen MR) is 144 cm³/mol. The molecule has 1 heterocycles. The summed E-state index contributed by atoms with van der Waals surface area (Å²) in [5.41, 5.74) is 3.05. The Morgan fingerprint density at radius 3 is 2.14 bits per heavy atom. The van der Waals surface area contributed by atoms with Crippen molar-refractivity contribution in [2.45, 2.75) is 24.8 Å². The molecule has 0 fully saturated rings. The average Bonchev–Trinajstić information content (AvgIpc) is 3.19. The predicted octanol–water partition coefficient (Wildman–Crippen LogP) is 4.68. The Hall–Kier alpha value is -4.09. The van der Waals surface area contributed by atoms with Crippen LogP contribution in [0.2, 0.25) is 0 Å². The Bertz CT molecular complexity index is 1580. The highest BCUT2D eigenvalue weighted by Crippen LogP contribution is 2.32. The SMILES string of the molecule is CC(C)[C@@H](NS(=O)(=O)c1ccc2oc3cc(NC(=O)Nc4ccc(N(C)C)cc4)ccc3c2c1)C(=O)O. The highest BCUT2D eigenvalue weighted by molar-refractivity contribution is 7.89. The molecule has 4 N–H and O–H groups in total. The average molecular weight is 525 g/mol.